The van der Waals surface area contributed by atoms with Crippen molar-refractivity contribution in [3.63, 3.8) is 0 Å². The number of hydrogen-bond donors (Lipinski definition) is 1. The third-order valence-corrected chi connectivity index (χ3v) is 5.29. The number of ether oxygens (including phenoxy) is 2. The zero-order chi connectivity index (χ0) is 21.3. The highest BCUT2D eigenvalue weighted by molar-refractivity contribution is 7.98. The van der Waals surface area contributed by atoms with E-state index in [2.05, 4.69) is 5.32 Å². The third kappa shape index (κ3) is 5.64. The third-order valence-electron chi connectivity index (χ3n) is 4.55. The predicted molar refractivity (Wildman–Crippen MR) is 118 cm³/mol. The lowest BCUT2D eigenvalue weighted by Crippen LogP contribution is -2.33. The van der Waals surface area contributed by atoms with Gasteiger partial charge in [-0.1, -0.05) is 42.5 Å². The van der Waals surface area contributed by atoms with Crippen LogP contribution in [0.15, 0.2) is 83.8 Å². The molecule has 3 aromatic carbocycles. The highest BCUT2D eigenvalue weighted by Gasteiger charge is 2.18. The number of methoxy groups -OCH3 is 1. The van der Waals surface area contributed by atoms with E-state index in [0.29, 0.717) is 5.56 Å². The van der Waals surface area contributed by atoms with Crippen molar-refractivity contribution in [2.45, 2.75) is 10.9 Å². The molecule has 0 unspecified atom stereocenters. The molecular weight excluding hydrogens is 398 g/mol. The van der Waals surface area contributed by atoms with E-state index in [1.807, 2.05) is 73.0 Å². The molecule has 0 fully saturated rings. The van der Waals surface area contributed by atoms with Gasteiger partial charge in [0.15, 0.2) is 6.61 Å². The first-order valence-electron chi connectivity index (χ1n) is 9.40. The summed E-state index contributed by atoms with van der Waals surface area (Å²) >= 11 is 1.59. The second-order valence-corrected chi connectivity index (χ2v) is 7.37. The van der Waals surface area contributed by atoms with Crippen LogP contribution in [0.1, 0.15) is 27.5 Å². The van der Waals surface area contributed by atoms with E-state index in [1.54, 1.807) is 31.0 Å². The van der Waals surface area contributed by atoms with Gasteiger partial charge in [-0.15, -0.1) is 11.8 Å². The lowest BCUT2D eigenvalue weighted by atomic mass is 9.98. The lowest BCUT2D eigenvalue weighted by Gasteiger charge is -2.20. The molecule has 0 aromatic heterocycles. The van der Waals surface area contributed by atoms with Crippen LogP contribution in [0.4, 0.5) is 0 Å². The van der Waals surface area contributed by atoms with E-state index in [-0.39, 0.29) is 18.6 Å². The van der Waals surface area contributed by atoms with Gasteiger partial charge >= 0.3 is 5.97 Å². The predicted octanol–water partition coefficient (Wildman–Crippen LogP) is 4.48. The van der Waals surface area contributed by atoms with Crippen molar-refractivity contribution in [1.82, 2.24) is 5.32 Å². The fourth-order valence-electron chi connectivity index (χ4n) is 2.95. The molecule has 0 aliphatic carbocycles. The van der Waals surface area contributed by atoms with Gasteiger partial charge in [0.05, 0.1) is 18.7 Å². The van der Waals surface area contributed by atoms with Crippen LogP contribution in [0.3, 0.4) is 0 Å². The molecule has 0 aliphatic rings. The van der Waals surface area contributed by atoms with Crippen molar-refractivity contribution >= 4 is 23.6 Å². The van der Waals surface area contributed by atoms with Crippen molar-refractivity contribution in [1.29, 1.82) is 0 Å². The number of carbonyl (C=O) groups excluding carboxylic acids is 2. The van der Waals surface area contributed by atoms with Crippen LogP contribution in [0.2, 0.25) is 0 Å². The Balaban J connectivity index is 1.67. The van der Waals surface area contributed by atoms with Crippen molar-refractivity contribution in [3.05, 3.63) is 95.6 Å². The summed E-state index contributed by atoms with van der Waals surface area (Å²) in [7, 11) is 1.61. The van der Waals surface area contributed by atoms with Gasteiger partial charge in [-0.2, -0.15) is 0 Å². The molecular formula is C24H23NO4S. The van der Waals surface area contributed by atoms with E-state index in [9.17, 15) is 9.59 Å². The van der Waals surface area contributed by atoms with Gasteiger partial charge in [0, 0.05) is 4.90 Å². The Morgan fingerprint density at radius 3 is 2.13 bits per heavy atom. The van der Waals surface area contributed by atoms with Gasteiger partial charge in [-0.25, -0.2) is 4.79 Å². The summed E-state index contributed by atoms with van der Waals surface area (Å²) in [5, 5.41) is 2.95. The average molecular weight is 422 g/mol. The van der Waals surface area contributed by atoms with Crippen LogP contribution in [0.5, 0.6) is 5.75 Å². The smallest absolute Gasteiger partial charge is 0.338 e. The monoisotopic (exact) mass is 421 g/mol. The number of rotatable bonds is 8. The van der Waals surface area contributed by atoms with Crippen molar-refractivity contribution < 1.29 is 19.1 Å². The Bertz CT molecular complexity index is 972. The Kier molecular flexibility index (Phi) is 7.51. The topological polar surface area (TPSA) is 64.6 Å². The van der Waals surface area contributed by atoms with Crippen LogP contribution in [0.25, 0.3) is 0 Å². The standard InChI is InChI=1S/C24H23NO4S/c1-28-20-12-8-18(9-13-20)23(17-6-4-3-5-7-17)25-22(26)16-29-24(27)19-10-14-21(30-2)15-11-19/h3-15,23H,16H2,1-2H3,(H,25,26)/t23-/m0/s1. The summed E-state index contributed by atoms with van der Waals surface area (Å²) in [6.07, 6.45) is 1.96. The number of nitrogens with one attached hydrogen (secondary N) is 1. The molecule has 1 N–H and O–H groups in total. The lowest BCUT2D eigenvalue weighted by molar-refractivity contribution is -0.124. The van der Waals surface area contributed by atoms with Gasteiger partial charge < -0.3 is 14.8 Å². The molecule has 3 aromatic rings. The van der Waals surface area contributed by atoms with Crippen LogP contribution in [-0.4, -0.2) is 31.8 Å². The summed E-state index contributed by atoms with van der Waals surface area (Å²) in [5.74, 6) is -0.175. The maximum absolute atomic E-state index is 12.5. The molecule has 0 radical (unpaired) electrons. The number of carbonyl (C=O) groups is 2. The molecule has 0 saturated heterocycles. The molecule has 6 heteroatoms. The minimum Gasteiger partial charge on any atom is -0.497 e. The van der Waals surface area contributed by atoms with Crippen LogP contribution < -0.4 is 10.1 Å². The minimum atomic E-state index is -0.529. The zero-order valence-electron chi connectivity index (χ0n) is 16.8. The van der Waals surface area contributed by atoms with Crippen LogP contribution in [0, 0.1) is 0 Å². The Morgan fingerprint density at radius 1 is 0.900 bits per heavy atom. The number of hydrogen-bond acceptors (Lipinski definition) is 5. The second kappa shape index (κ2) is 10.5. The maximum atomic E-state index is 12.5. The SMILES string of the molecule is COc1ccc([C@@H](NC(=O)COC(=O)c2ccc(SC)cc2)c2ccccc2)cc1. The highest BCUT2D eigenvalue weighted by Crippen LogP contribution is 2.24. The highest BCUT2D eigenvalue weighted by atomic mass is 32.2. The molecule has 0 bridgehead atoms. The molecule has 30 heavy (non-hydrogen) atoms. The fraction of sp³-hybridized carbons (Fsp3) is 0.167. The Morgan fingerprint density at radius 2 is 1.53 bits per heavy atom. The molecule has 154 valence electrons. The summed E-state index contributed by atoms with van der Waals surface area (Å²) < 4.78 is 10.4. The minimum absolute atomic E-state index is 0.359. The van der Waals surface area contributed by atoms with Crippen molar-refractivity contribution in [2.75, 3.05) is 20.0 Å². The number of amides is 1. The molecule has 1 amide bonds. The number of esters is 1. The van der Waals surface area contributed by atoms with Crippen LogP contribution >= 0.6 is 11.8 Å². The summed E-state index contributed by atoms with van der Waals surface area (Å²) in [6.45, 7) is -0.359. The van der Waals surface area contributed by atoms with Crippen molar-refractivity contribution in [3.8, 4) is 5.75 Å². The number of thioether (sulfide) groups is 1. The van der Waals surface area contributed by atoms with E-state index in [0.717, 1.165) is 21.8 Å². The first-order valence-corrected chi connectivity index (χ1v) is 10.6. The van der Waals surface area contributed by atoms with E-state index < -0.39 is 5.97 Å². The van der Waals surface area contributed by atoms with Gasteiger partial charge in [0.25, 0.3) is 5.91 Å². The van der Waals surface area contributed by atoms with E-state index >= 15 is 0 Å². The van der Waals surface area contributed by atoms with Gasteiger partial charge in [-0.3, -0.25) is 4.79 Å². The normalized spacial score (nSPS) is 11.4. The summed E-state index contributed by atoms with van der Waals surface area (Å²) in [5.41, 5.74) is 2.24. The second-order valence-electron chi connectivity index (χ2n) is 6.49. The van der Waals surface area contributed by atoms with Crippen LogP contribution in [-0.2, 0) is 9.53 Å². The molecule has 0 saturated carbocycles. The zero-order valence-corrected chi connectivity index (χ0v) is 17.6. The quantitative estimate of drug-likeness (QED) is 0.429. The number of benzene rings is 3. The molecule has 3 rings (SSSR count). The average Bonchev–Trinajstić information content (AvgIpc) is 2.81. The molecule has 1 atom stereocenters. The van der Waals surface area contributed by atoms with E-state index in [1.165, 1.54) is 0 Å². The summed E-state index contributed by atoms with van der Waals surface area (Å²) in [6, 6.07) is 23.8. The maximum Gasteiger partial charge on any atom is 0.338 e. The van der Waals surface area contributed by atoms with E-state index in [4.69, 9.17) is 9.47 Å². The Labute approximate surface area is 180 Å². The largest absolute Gasteiger partial charge is 0.497 e. The van der Waals surface area contributed by atoms with Gasteiger partial charge in [0.2, 0.25) is 0 Å². The molecule has 0 aliphatic heterocycles. The first kappa shape index (κ1) is 21.5. The van der Waals surface area contributed by atoms with Gasteiger partial charge in [-0.05, 0) is 53.8 Å². The van der Waals surface area contributed by atoms with Gasteiger partial charge in [0.1, 0.15) is 5.75 Å². The van der Waals surface area contributed by atoms with Crippen molar-refractivity contribution in [2.24, 2.45) is 0 Å². The molecule has 0 spiro atoms. The fourth-order valence-corrected chi connectivity index (χ4v) is 3.35. The molecule has 5 nitrogen and oxygen atoms in total. The molecule has 0 heterocycles. The summed E-state index contributed by atoms with van der Waals surface area (Å²) in [4.78, 5) is 25.8. The first-order chi connectivity index (χ1) is 14.6. The Hall–Kier alpha value is -3.25.